The molecule has 1 aliphatic carbocycles. The first kappa shape index (κ1) is 13.9. The van der Waals surface area contributed by atoms with Crippen LogP contribution in [-0.4, -0.2) is 6.04 Å². The topological polar surface area (TPSA) is 12.0 Å². The van der Waals surface area contributed by atoms with Crippen molar-refractivity contribution in [2.45, 2.75) is 24.8 Å². The van der Waals surface area contributed by atoms with Crippen LogP contribution in [0.5, 0.6) is 0 Å². The van der Waals surface area contributed by atoms with Crippen molar-refractivity contribution < 1.29 is 4.39 Å². The van der Waals surface area contributed by atoms with Gasteiger partial charge in [-0.05, 0) is 48.6 Å². The Balaban J connectivity index is 1.64. The summed E-state index contributed by atoms with van der Waals surface area (Å²) in [7, 11) is 0. The number of benzene rings is 2. The van der Waals surface area contributed by atoms with Crippen LogP contribution in [0.2, 0.25) is 5.02 Å². The lowest BCUT2D eigenvalue weighted by molar-refractivity contribution is 0.373. The van der Waals surface area contributed by atoms with E-state index in [2.05, 4.69) is 33.4 Å². The van der Waals surface area contributed by atoms with Crippen molar-refractivity contribution in [3.8, 4) is 0 Å². The normalized spacial score (nSPS) is 21.4. The van der Waals surface area contributed by atoms with Crippen molar-refractivity contribution in [1.82, 2.24) is 0 Å². The van der Waals surface area contributed by atoms with Gasteiger partial charge in [0.25, 0.3) is 0 Å². The fourth-order valence-electron chi connectivity index (χ4n) is 2.61. The van der Waals surface area contributed by atoms with E-state index in [0.29, 0.717) is 16.6 Å². The Hall–Kier alpha value is -1.06. The van der Waals surface area contributed by atoms with E-state index >= 15 is 0 Å². The van der Waals surface area contributed by atoms with Gasteiger partial charge in [0.15, 0.2) is 0 Å². The Labute approximate surface area is 131 Å². The molecule has 0 bridgehead atoms. The molecule has 0 aliphatic heterocycles. The summed E-state index contributed by atoms with van der Waals surface area (Å²) in [6.07, 6.45) is 2.00. The standard InChI is InChI=1S/C16H14BrClFN/c17-12-4-1-3-10(7-12)11-8-13(9-11)20-16-14(18)5-2-6-15(16)19/h1-7,11,13,20H,8-9H2. The van der Waals surface area contributed by atoms with Gasteiger partial charge in [0, 0.05) is 10.5 Å². The first-order valence-corrected chi connectivity index (χ1v) is 7.76. The van der Waals surface area contributed by atoms with E-state index in [1.807, 2.05) is 12.1 Å². The highest BCUT2D eigenvalue weighted by atomic mass is 79.9. The molecule has 0 unspecified atom stereocenters. The van der Waals surface area contributed by atoms with Crippen LogP contribution in [-0.2, 0) is 0 Å². The van der Waals surface area contributed by atoms with E-state index in [1.54, 1.807) is 12.1 Å². The molecular weight excluding hydrogens is 341 g/mol. The number of halogens is 3. The molecule has 20 heavy (non-hydrogen) atoms. The molecule has 2 aromatic rings. The minimum Gasteiger partial charge on any atom is -0.379 e. The monoisotopic (exact) mass is 353 g/mol. The number of rotatable bonds is 3. The zero-order valence-electron chi connectivity index (χ0n) is 10.7. The highest BCUT2D eigenvalue weighted by molar-refractivity contribution is 9.10. The number of nitrogens with one attached hydrogen (secondary N) is 1. The summed E-state index contributed by atoms with van der Waals surface area (Å²) in [5.41, 5.74) is 1.75. The number of anilines is 1. The summed E-state index contributed by atoms with van der Waals surface area (Å²) < 4.78 is 14.8. The first-order valence-electron chi connectivity index (χ1n) is 6.59. The lowest BCUT2D eigenvalue weighted by Gasteiger charge is -2.37. The van der Waals surface area contributed by atoms with Gasteiger partial charge in [-0.3, -0.25) is 0 Å². The molecule has 0 aromatic heterocycles. The van der Waals surface area contributed by atoms with Crippen molar-refractivity contribution in [1.29, 1.82) is 0 Å². The highest BCUT2D eigenvalue weighted by Crippen LogP contribution is 2.40. The Kier molecular flexibility index (Phi) is 3.99. The van der Waals surface area contributed by atoms with Gasteiger partial charge in [-0.2, -0.15) is 0 Å². The molecule has 2 aromatic carbocycles. The maximum absolute atomic E-state index is 13.7. The maximum Gasteiger partial charge on any atom is 0.147 e. The van der Waals surface area contributed by atoms with E-state index in [0.717, 1.165) is 17.3 Å². The smallest absolute Gasteiger partial charge is 0.147 e. The molecule has 0 heterocycles. The summed E-state index contributed by atoms with van der Waals surface area (Å²) in [6, 6.07) is 13.4. The quantitative estimate of drug-likeness (QED) is 0.756. The largest absolute Gasteiger partial charge is 0.379 e. The lowest BCUT2D eigenvalue weighted by atomic mass is 9.76. The SMILES string of the molecule is Fc1cccc(Cl)c1NC1CC(c2cccc(Br)c2)C1. The Bertz CT molecular complexity index is 605. The van der Waals surface area contributed by atoms with Gasteiger partial charge < -0.3 is 5.32 Å². The predicted octanol–water partition coefficient (Wildman–Crippen LogP) is 5.60. The number of para-hydroxylation sites is 1. The summed E-state index contributed by atoms with van der Waals surface area (Å²) in [6.45, 7) is 0. The molecule has 0 radical (unpaired) electrons. The zero-order chi connectivity index (χ0) is 14.1. The van der Waals surface area contributed by atoms with Crippen LogP contribution in [0.15, 0.2) is 46.9 Å². The molecule has 1 fully saturated rings. The molecule has 4 heteroatoms. The van der Waals surface area contributed by atoms with Crippen LogP contribution in [0, 0.1) is 5.82 Å². The van der Waals surface area contributed by atoms with Gasteiger partial charge >= 0.3 is 0 Å². The predicted molar refractivity (Wildman–Crippen MR) is 84.9 cm³/mol. The molecule has 3 rings (SSSR count). The van der Waals surface area contributed by atoms with Gasteiger partial charge in [0.05, 0.1) is 10.7 Å². The molecule has 0 saturated heterocycles. The Morgan fingerprint density at radius 3 is 2.60 bits per heavy atom. The summed E-state index contributed by atoms with van der Waals surface area (Å²) >= 11 is 9.51. The van der Waals surface area contributed by atoms with Gasteiger partial charge in [0.1, 0.15) is 5.82 Å². The first-order chi connectivity index (χ1) is 9.63. The van der Waals surface area contributed by atoms with Crippen LogP contribution in [0.1, 0.15) is 24.3 Å². The van der Waals surface area contributed by atoms with E-state index in [-0.39, 0.29) is 11.9 Å². The molecule has 1 aliphatic rings. The maximum atomic E-state index is 13.7. The van der Waals surface area contributed by atoms with Gasteiger partial charge in [-0.25, -0.2) is 4.39 Å². The fourth-order valence-corrected chi connectivity index (χ4v) is 3.24. The van der Waals surface area contributed by atoms with Gasteiger partial charge in [-0.15, -0.1) is 0 Å². The molecule has 0 spiro atoms. The minimum absolute atomic E-state index is 0.286. The molecule has 1 nitrogen and oxygen atoms in total. The minimum atomic E-state index is -0.289. The van der Waals surface area contributed by atoms with Crippen LogP contribution in [0.3, 0.4) is 0 Å². The fraction of sp³-hybridized carbons (Fsp3) is 0.250. The third-order valence-corrected chi connectivity index (χ3v) is 4.58. The van der Waals surface area contributed by atoms with Gasteiger partial charge in [-0.1, -0.05) is 45.7 Å². The Morgan fingerprint density at radius 2 is 1.90 bits per heavy atom. The number of hydrogen-bond donors (Lipinski definition) is 1. The third kappa shape index (κ3) is 2.84. The molecular formula is C16H14BrClFN. The summed E-state index contributed by atoms with van der Waals surface area (Å²) in [5, 5.41) is 3.65. The highest BCUT2D eigenvalue weighted by Gasteiger charge is 2.31. The Morgan fingerprint density at radius 1 is 1.15 bits per heavy atom. The van der Waals surface area contributed by atoms with Crippen molar-refractivity contribution in [3.63, 3.8) is 0 Å². The molecule has 0 atom stereocenters. The second-order valence-corrected chi connectivity index (χ2v) is 6.48. The molecule has 104 valence electrons. The summed E-state index contributed by atoms with van der Waals surface area (Å²) in [5.74, 6) is 0.249. The van der Waals surface area contributed by atoms with E-state index < -0.39 is 0 Å². The van der Waals surface area contributed by atoms with Gasteiger partial charge in [0.2, 0.25) is 0 Å². The number of hydrogen-bond acceptors (Lipinski definition) is 1. The van der Waals surface area contributed by atoms with Crippen molar-refractivity contribution >= 4 is 33.2 Å². The average Bonchev–Trinajstić information content (AvgIpc) is 2.36. The summed E-state index contributed by atoms with van der Waals surface area (Å²) in [4.78, 5) is 0. The van der Waals surface area contributed by atoms with Crippen molar-refractivity contribution in [3.05, 3.63) is 63.3 Å². The van der Waals surface area contributed by atoms with E-state index in [1.165, 1.54) is 11.6 Å². The lowest BCUT2D eigenvalue weighted by Crippen LogP contribution is -2.34. The second kappa shape index (κ2) is 5.74. The van der Waals surface area contributed by atoms with Crippen molar-refractivity contribution in [2.24, 2.45) is 0 Å². The molecule has 1 saturated carbocycles. The average molecular weight is 355 g/mol. The third-order valence-electron chi connectivity index (χ3n) is 3.77. The zero-order valence-corrected chi connectivity index (χ0v) is 13.1. The van der Waals surface area contributed by atoms with Crippen LogP contribution in [0.25, 0.3) is 0 Å². The molecule has 1 N–H and O–H groups in total. The van der Waals surface area contributed by atoms with Crippen molar-refractivity contribution in [2.75, 3.05) is 5.32 Å². The van der Waals surface area contributed by atoms with Crippen LogP contribution < -0.4 is 5.32 Å². The van der Waals surface area contributed by atoms with Crippen LogP contribution >= 0.6 is 27.5 Å². The van der Waals surface area contributed by atoms with E-state index in [4.69, 9.17) is 11.6 Å². The molecule has 0 amide bonds. The van der Waals surface area contributed by atoms with E-state index in [9.17, 15) is 4.39 Å². The van der Waals surface area contributed by atoms with Crippen LogP contribution in [0.4, 0.5) is 10.1 Å². The second-order valence-electron chi connectivity index (χ2n) is 5.16.